The molecular weight excluding hydrogens is 214 g/mol. The van der Waals surface area contributed by atoms with E-state index in [4.69, 9.17) is 4.84 Å². The minimum Gasteiger partial charge on any atom is -0.267 e. The van der Waals surface area contributed by atoms with Crippen molar-refractivity contribution >= 4 is 5.94 Å². The number of rotatable bonds is 3. The van der Waals surface area contributed by atoms with E-state index in [0.717, 1.165) is 11.1 Å². The highest BCUT2D eigenvalue weighted by atomic mass is 16.7. The van der Waals surface area contributed by atoms with Gasteiger partial charge < -0.3 is 0 Å². The Morgan fingerprint density at radius 1 is 1.35 bits per heavy atom. The van der Waals surface area contributed by atoms with Crippen molar-refractivity contribution < 1.29 is 9.63 Å². The van der Waals surface area contributed by atoms with Crippen molar-refractivity contribution in [2.24, 2.45) is 0 Å². The van der Waals surface area contributed by atoms with E-state index in [1.54, 1.807) is 5.06 Å². The Kier molecular flexibility index (Phi) is 3.43. The predicted octanol–water partition coefficient (Wildman–Crippen LogP) is 2.48. The summed E-state index contributed by atoms with van der Waals surface area (Å²) in [5.74, 6) is 1.90. The van der Waals surface area contributed by atoms with Crippen LogP contribution in [0.15, 0.2) is 47.7 Å². The van der Waals surface area contributed by atoms with Gasteiger partial charge >= 0.3 is 0 Å². The van der Waals surface area contributed by atoms with E-state index >= 15 is 0 Å². The summed E-state index contributed by atoms with van der Waals surface area (Å²) in [6.07, 6.45) is 1.81. The number of nitrogens with zero attached hydrogens (tertiary/aromatic N) is 1. The molecule has 0 aromatic heterocycles. The van der Waals surface area contributed by atoms with Crippen molar-refractivity contribution in [3.8, 4) is 0 Å². The van der Waals surface area contributed by atoms with Gasteiger partial charge in [0.25, 0.3) is 0 Å². The van der Waals surface area contributed by atoms with Crippen LogP contribution in [0.2, 0.25) is 0 Å². The van der Waals surface area contributed by atoms with Gasteiger partial charge in [-0.3, -0.25) is 4.84 Å². The first kappa shape index (κ1) is 11.6. The van der Waals surface area contributed by atoms with Crippen LogP contribution in [0.5, 0.6) is 0 Å². The molecular formula is C14H15NO2. The third-order valence-corrected chi connectivity index (χ3v) is 2.93. The molecule has 17 heavy (non-hydrogen) atoms. The Morgan fingerprint density at radius 2 is 2.06 bits per heavy atom. The van der Waals surface area contributed by atoms with Crippen LogP contribution in [0.3, 0.4) is 0 Å². The maximum absolute atomic E-state index is 10.8. The highest BCUT2D eigenvalue weighted by Gasteiger charge is 2.25. The monoisotopic (exact) mass is 229 g/mol. The molecule has 0 saturated carbocycles. The fourth-order valence-electron chi connectivity index (χ4n) is 1.77. The second-order valence-electron chi connectivity index (χ2n) is 4.14. The third-order valence-electron chi connectivity index (χ3n) is 2.93. The number of benzene rings is 1. The summed E-state index contributed by atoms with van der Waals surface area (Å²) in [4.78, 5) is 16.4. The average molecular weight is 229 g/mol. The predicted molar refractivity (Wildman–Crippen MR) is 65.5 cm³/mol. The van der Waals surface area contributed by atoms with Crippen LogP contribution in [0.25, 0.3) is 0 Å². The summed E-state index contributed by atoms with van der Waals surface area (Å²) >= 11 is 0. The van der Waals surface area contributed by atoms with Gasteiger partial charge in [0.15, 0.2) is 5.94 Å². The summed E-state index contributed by atoms with van der Waals surface area (Å²) in [6.45, 7) is 4.44. The summed E-state index contributed by atoms with van der Waals surface area (Å²) < 4.78 is 0. The van der Waals surface area contributed by atoms with Gasteiger partial charge in [-0.05, 0) is 31.1 Å². The maximum Gasteiger partial charge on any atom is 0.152 e. The Hall–Kier alpha value is -1.83. The lowest BCUT2D eigenvalue weighted by Gasteiger charge is -2.23. The summed E-state index contributed by atoms with van der Waals surface area (Å²) in [5.41, 5.74) is 2.65. The molecule has 3 nitrogen and oxygen atoms in total. The second kappa shape index (κ2) is 5.00. The summed E-state index contributed by atoms with van der Waals surface area (Å²) in [7, 11) is 0. The topological polar surface area (TPSA) is 29.5 Å². The van der Waals surface area contributed by atoms with Crippen molar-refractivity contribution in [2.75, 3.05) is 0 Å². The molecule has 0 saturated heterocycles. The van der Waals surface area contributed by atoms with Crippen molar-refractivity contribution in [1.29, 1.82) is 0 Å². The molecule has 0 aliphatic carbocycles. The molecule has 0 bridgehead atoms. The van der Waals surface area contributed by atoms with Gasteiger partial charge in [0.1, 0.15) is 5.70 Å². The van der Waals surface area contributed by atoms with Gasteiger partial charge in [-0.15, -0.1) is 0 Å². The molecule has 1 atom stereocenters. The lowest BCUT2D eigenvalue weighted by atomic mass is 10.2. The Labute approximate surface area is 101 Å². The van der Waals surface area contributed by atoms with Gasteiger partial charge in [0.2, 0.25) is 0 Å². The first-order chi connectivity index (χ1) is 8.22. The van der Waals surface area contributed by atoms with Crippen molar-refractivity contribution in [3.63, 3.8) is 0 Å². The van der Waals surface area contributed by atoms with Crippen LogP contribution in [0, 0.1) is 0 Å². The molecule has 1 aromatic carbocycles. The molecule has 0 spiro atoms. The normalized spacial score (nSPS) is 19.2. The highest BCUT2D eigenvalue weighted by Crippen LogP contribution is 2.25. The zero-order chi connectivity index (χ0) is 12.3. The first-order valence-electron chi connectivity index (χ1n) is 5.61. The molecule has 1 aromatic rings. The van der Waals surface area contributed by atoms with Crippen LogP contribution >= 0.6 is 0 Å². The van der Waals surface area contributed by atoms with Gasteiger partial charge in [-0.25, -0.2) is 9.86 Å². The summed E-state index contributed by atoms with van der Waals surface area (Å²) in [5, 5.41) is 1.62. The van der Waals surface area contributed by atoms with E-state index in [9.17, 15) is 4.79 Å². The SMILES string of the molecule is CC1=CC(=C=O)N(OCc2ccccc2)C1C. The van der Waals surface area contributed by atoms with Crippen molar-refractivity contribution in [3.05, 3.63) is 53.2 Å². The average Bonchev–Trinajstić information content (AvgIpc) is 2.64. The lowest BCUT2D eigenvalue weighted by molar-refractivity contribution is -0.149. The first-order valence-corrected chi connectivity index (χ1v) is 5.61. The molecule has 1 aliphatic rings. The van der Waals surface area contributed by atoms with E-state index in [0.29, 0.717) is 12.3 Å². The Morgan fingerprint density at radius 3 is 2.71 bits per heavy atom. The molecule has 0 N–H and O–H groups in total. The van der Waals surface area contributed by atoms with Crippen molar-refractivity contribution in [1.82, 2.24) is 5.06 Å². The van der Waals surface area contributed by atoms with Crippen LogP contribution in [-0.2, 0) is 16.2 Å². The zero-order valence-electron chi connectivity index (χ0n) is 10.0. The van der Waals surface area contributed by atoms with Crippen LogP contribution in [-0.4, -0.2) is 17.0 Å². The quantitative estimate of drug-likeness (QED) is 0.746. The van der Waals surface area contributed by atoms with Gasteiger partial charge in [0.05, 0.1) is 12.6 Å². The molecule has 2 rings (SSSR count). The fourth-order valence-corrected chi connectivity index (χ4v) is 1.77. The minimum atomic E-state index is 0.0927. The highest BCUT2D eigenvalue weighted by molar-refractivity contribution is 5.59. The second-order valence-corrected chi connectivity index (χ2v) is 4.14. The van der Waals surface area contributed by atoms with E-state index < -0.39 is 0 Å². The molecule has 1 aliphatic heterocycles. The molecule has 1 unspecified atom stereocenters. The standard InChI is InChI=1S/C14H15NO2/c1-11-8-14(9-16)15(12(11)2)17-10-13-6-4-3-5-7-13/h3-8,12H,10H2,1-2H3. The lowest BCUT2D eigenvalue weighted by Crippen LogP contribution is -2.28. The molecule has 0 radical (unpaired) electrons. The molecule has 88 valence electrons. The maximum atomic E-state index is 10.8. The number of carbonyl (C=O) groups excluding carboxylic acids is 1. The minimum absolute atomic E-state index is 0.0927. The molecule has 0 fully saturated rings. The largest absolute Gasteiger partial charge is 0.267 e. The Balaban J connectivity index is 2.03. The number of hydroxylamine groups is 2. The summed E-state index contributed by atoms with van der Waals surface area (Å²) in [6, 6.07) is 9.97. The van der Waals surface area contributed by atoms with E-state index in [1.165, 1.54) is 0 Å². The third kappa shape index (κ3) is 2.47. The van der Waals surface area contributed by atoms with Crippen LogP contribution in [0.4, 0.5) is 0 Å². The van der Waals surface area contributed by atoms with Crippen LogP contribution < -0.4 is 0 Å². The molecule has 0 amide bonds. The smallest absolute Gasteiger partial charge is 0.152 e. The van der Waals surface area contributed by atoms with Gasteiger partial charge in [-0.1, -0.05) is 30.3 Å². The van der Waals surface area contributed by atoms with E-state index in [-0.39, 0.29) is 6.04 Å². The van der Waals surface area contributed by atoms with E-state index in [1.807, 2.05) is 56.2 Å². The van der Waals surface area contributed by atoms with Gasteiger partial charge in [0, 0.05) is 0 Å². The molecule has 3 heteroatoms. The molecule has 1 heterocycles. The number of hydrogen-bond acceptors (Lipinski definition) is 3. The van der Waals surface area contributed by atoms with Crippen molar-refractivity contribution in [2.45, 2.75) is 26.5 Å². The number of allylic oxidation sites excluding steroid dienone is 1. The van der Waals surface area contributed by atoms with Gasteiger partial charge in [-0.2, -0.15) is 0 Å². The Bertz CT molecular complexity index is 472. The van der Waals surface area contributed by atoms with Crippen LogP contribution in [0.1, 0.15) is 19.4 Å². The van der Waals surface area contributed by atoms with E-state index in [2.05, 4.69) is 0 Å². The number of hydrogen-bond donors (Lipinski definition) is 0. The zero-order valence-corrected chi connectivity index (χ0v) is 10.0. The fraction of sp³-hybridized carbons (Fsp3) is 0.286.